The lowest BCUT2D eigenvalue weighted by molar-refractivity contribution is -0.142. The first-order valence-electron chi connectivity index (χ1n) is 7.00. The van der Waals surface area contributed by atoms with Crippen molar-refractivity contribution >= 4 is 34.5 Å². The van der Waals surface area contributed by atoms with Gasteiger partial charge in [-0.25, -0.2) is 4.79 Å². The zero-order valence-electron chi connectivity index (χ0n) is 13.0. The van der Waals surface area contributed by atoms with Crippen molar-refractivity contribution in [2.45, 2.75) is 12.5 Å². The lowest BCUT2D eigenvalue weighted by atomic mass is 10.1. The minimum absolute atomic E-state index is 0.256. The summed E-state index contributed by atoms with van der Waals surface area (Å²) in [5.41, 5.74) is 1.54. The number of carbonyl (C=O) groups is 2. The third-order valence-corrected chi connectivity index (χ3v) is 4.22. The molecule has 6 heteroatoms. The Bertz CT molecular complexity index is 681. The summed E-state index contributed by atoms with van der Waals surface area (Å²) in [6.07, 6.45) is 4.41. The molecule has 0 radical (unpaired) electrons. The summed E-state index contributed by atoms with van der Waals surface area (Å²) in [5, 5.41) is 3.66. The number of nitrogens with one attached hydrogen (secondary N) is 1. The maximum Gasteiger partial charge on any atom is 0.328 e. The predicted molar refractivity (Wildman–Crippen MR) is 89.2 cm³/mol. The van der Waals surface area contributed by atoms with Crippen LogP contribution in [0.3, 0.4) is 0 Å². The SMILES string of the molecule is COC(=O)C(CCSC)NC(=O)c1cccc2c1ccn2C. The number of benzene rings is 1. The Morgan fingerprint density at radius 3 is 2.82 bits per heavy atom. The maximum absolute atomic E-state index is 12.5. The van der Waals surface area contributed by atoms with Crippen LogP contribution in [0.4, 0.5) is 0 Å². The van der Waals surface area contributed by atoms with Crippen LogP contribution >= 0.6 is 11.8 Å². The third kappa shape index (κ3) is 3.44. The lowest BCUT2D eigenvalue weighted by Gasteiger charge is -2.16. The van der Waals surface area contributed by atoms with Crippen LogP contribution in [0.15, 0.2) is 30.5 Å². The Labute approximate surface area is 134 Å². The van der Waals surface area contributed by atoms with Crippen molar-refractivity contribution in [1.29, 1.82) is 0 Å². The first kappa shape index (κ1) is 16.4. The zero-order chi connectivity index (χ0) is 16.1. The largest absolute Gasteiger partial charge is 0.467 e. The number of aromatic nitrogens is 1. The Morgan fingerprint density at radius 1 is 1.36 bits per heavy atom. The van der Waals surface area contributed by atoms with E-state index in [1.807, 2.05) is 42.3 Å². The summed E-state index contributed by atoms with van der Waals surface area (Å²) < 4.78 is 6.73. The molecule has 0 aliphatic rings. The number of thioether (sulfide) groups is 1. The number of ether oxygens (including phenoxy) is 1. The van der Waals surface area contributed by atoms with E-state index in [1.54, 1.807) is 17.8 Å². The first-order chi connectivity index (χ1) is 10.6. The van der Waals surface area contributed by atoms with Gasteiger partial charge in [-0.15, -0.1) is 0 Å². The van der Waals surface area contributed by atoms with E-state index in [1.165, 1.54) is 7.11 Å². The van der Waals surface area contributed by atoms with Gasteiger partial charge < -0.3 is 14.6 Å². The van der Waals surface area contributed by atoms with Gasteiger partial charge in [0.25, 0.3) is 5.91 Å². The van der Waals surface area contributed by atoms with Crippen LogP contribution in [0.2, 0.25) is 0 Å². The minimum Gasteiger partial charge on any atom is -0.467 e. The molecule has 0 fully saturated rings. The zero-order valence-corrected chi connectivity index (χ0v) is 13.8. The van der Waals surface area contributed by atoms with Crippen molar-refractivity contribution in [3.05, 3.63) is 36.0 Å². The van der Waals surface area contributed by atoms with Crippen molar-refractivity contribution in [2.24, 2.45) is 7.05 Å². The molecule has 0 aliphatic heterocycles. The standard InChI is InChI=1S/C16H20N2O3S/c1-18-9-7-11-12(5-4-6-14(11)18)15(19)17-13(8-10-22-3)16(20)21-2/h4-7,9,13H,8,10H2,1-3H3,(H,17,19). The summed E-state index contributed by atoms with van der Waals surface area (Å²) in [5.74, 6) is 0.103. The van der Waals surface area contributed by atoms with Gasteiger partial charge in [-0.3, -0.25) is 4.79 Å². The number of methoxy groups -OCH3 is 1. The predicted octanol–water partition coefficient (Wildman–Crippen LogP) is 2.20. The number of esters is 1. The number of nitrogens with zero attached hydrogens (tertiary/aromatic N) is 1. The number of amides is 1. The van der Waals surface area contributed by atoms with Crippen molar-refractivity contribution in [2.75, 3.05) is 19.1 Å². The summed E-state index contributed by atoms with van der Waals surface area (Å²) in [6, 6.07) is 6.84. The summed E-state index contributed by atoms with van der Waals surface area (Å²) in [4.78, 5) is 24.3. The number of fused-ring (bicyclic) bond motifs is 1. The highest BCUT2D eigenvalue weighted by atomic mass is 32.2. The summed E-state index contributed by atoms with van der Waals surface area (Å²) in [7, 11) is 3.26. The molecule has 1 atom stereocenters. The van der Waals surface area contributed by atoms with Crippen LogP contribution in [-0.4, -0.2) is 41.6 Å². The molecule has 118 valence electrons. The number of rotatable bonds is 6. The molecule has 0 saturated heterocycles. The molecule has 0 bridgehead atoms. The fourth-order valence-electron chi connectivity index (χ4n) is 2.36. The van der Waals surface area contributed by atoms with Gasteiger partial charge in [-0.1, -0.05) is 6.07 Å². The second-order valence-corrected chi connectivity index (χ2v) is 5.98. The van der Waals surface area contributed by atoms with E-state index in [0.29, 0.717) is 12.0 Å². The monoisotopic (exact) mass is 320 g/mol. The molecular weight excluding hydrogens is 300 g/mol. The van der Waals surface area contributed by atoms with Crippen LogP contribution in [0.5, 0.6) is 0 Å². The number of hydrogen-bond donors (Lipinski definition) is 1. The molecule has 1 N–H and O–H groups in total. The quantitative estimate of drug-likeness (QED) is 0.829. The van der Waals surface area contributed by atoms with Crippen molar-refractivity contribution in [3.8, 4) is 0 Å². The van der Waals surface area contributed by atoms with E-state index in [-0.39, 0.29) is 5.91 Å². The van der Waals surface area contributed by atoms with E-state index in [9.17, 15) is 9.59 Å². The highest BCUT2D eigenvalue weighted by Gasteiger charge is 2.22. The molecule has 1 heterocycles. The second kappa shape index (κ2) is 7.35. The molecular formula is C16H20N2O3S. The van der Waals surface area contributed by atoms with Gasteiger partial charge in [-0.2, -0.15) is 11.8 Å². The van der Waals surface area contributed by atoms with Gasteiger partial charge in [0.15, 0.2) is 0 Å². The molecule has 1 aromatic heterocycles. The molecule has 0 spiro atoms. The second-order valence-electron chi connectivity index (χ2n) is 5.00. The Hall–Kier alpha value is -1.95. The van der Waals surface area contributed by atoms with E-state index in [0.717, 1.165) is 16.7 Å². The first-order valence-corrected chi connectivity index (χ1v) is 8.39. The van der Waals surface area contributed by atoms with Crippen molar-refractivity contribution in [1.82, 2.24) is 9.88 Å². The van der Waals surface area contributed by atoms with E-state index >= 15 is 0 Å². The summed E-state index contributed by atoms with van der Waals surface area (Å²) >= 11 is 1.62. The topological polar surface area (TPSA) is 60.3 Å². The summed E-state index contributed by atoms with van der Waals surface area (Å²) in [6.45, 7) is 0. The molecule has 0 saturated carbocycles. The van der Waals surface area contributed by atoms with Crippen molar-refractivity contribution in [3.63, 3.8) is 0 Å². The van der Waals surface area contributed by atoms with Crippen LogP contribution in [0, 0.1) is 0 Å². The van der Waals surface area contributed by atoms with Gasteiger partial charge in [0.05, 0.1) is 7.11 Å². The van der Waals surface area contributed by atoms with Gasteiger partial charge in [0.1, 0.15) is 6.04 Å². The normalized spacial score (nSPS) is 12.1. The van der Waals surface area contributed by atoms with E-state index in [2.05, 4.69) is 5.32 Å². The highest BCUT2D eigenvalue weighted by molar-refractivity contribution is 7.98. The van der Waals surface area contributed by atoms with Crippen molar-refractivity contribution < 1.29 is 14.3 Å². The van der Waals surface area contributed by atoms with E-state index < -0.39 is 12.0 Å². The molecule has 1 amide bonds. The lowest BCUT2D eigenvalue weighted by Crippen LogP contribution is -2.42. The number of carbonyl (C=O) groups excluding carboxylic acids is 2. The Balaban J connectivity index is 2.23. The van der Waals surface area contributed by atoms with Crippen LogP contribution in [0.1, 0.15) is 16.8 Å². The number of hydrogen-bond acceptors (Lipinski definition) is 4. The minimum atomic E-state index is -0.621. The fraction of sp³-hybridized carbons (Fsp3) is 0.375. The maximum atomic E-state index is 12.5. The Kier molecular flexibility index (Phi) is 5.49. The Morgan fingerprint density at radius 2 is 2.14 bits per heavy atom. The van der Waals surface area contributed by atoms with E-state index in [4.69, 9.17) is 4.74 Å². The average molecular weight is 320 g/mol. The molecule has 2 rings (SSSR count). The number of aryl methyl sites for hydroxylation is 1. The molecule has 0 aliphatic carbocycles. The molecule has 2 aromatic rings. The van der Waals surface area contributed by atoms with Crippen LogP contribution in [0.25, 0.3) is 10.9 Å². The average Bonchev–Trinajstić information content (AvgIpc) is 2.92. The van der Waals surface area contributed by atoms with Gasteiger partial charge in [-0.05, 0) is 36.6 Å². The molecule has 22 heavy (non-hydrogen) atoms. The molecule has 1 unspecified atom stereocenters. The smallest absolute Gasteiger partial charge is 0.328 e. The van der Waals surface area contributed by atoms with Gasteiger partial charge >= 0.3 is 5.97 Å². The molecule has 5 nitrogen and oxygen atoms in total. The highest BCUT2D eigenvalue weighted by Crippen LogP contribution is 2.19. The third-order valence-electron chi connectivity index (χ3n) is 3.57. The van der Waals surface area contributed by atoms with Crippen LogP contribution < -0.4 is 5.32 Å². The van der Waals surface area contributed by atoms with Gasteiger partial charge in [0.2, 0.25) is 0 Å². The van der Waals surface area contributed by atoms with Gasteiger partial charge in [0, 0.05) is 29.7 Å². The fourth-order valence-corrected chi connectivity index (χ4v) is 2.83. The van der Waals surface area contributed by atoms with Crippen LogP contribution in [-0.2, 0) is 16.6 Å². The molecule has 1 aromatic carbocycles.